The third-order valence-corrected chi connectivity index (χ3v) is 4.42. The maximum atomic E-state index is 11.2. The Labute approximate surface area is 152 Å². The van der Waals surface area contributed by atoms with Crippen LogP contribution in [0.15, 0.2) is 60.7 Å². The Morgan fingerprint density at radius 2 is 1.19 bits per heavy atom. The molecule has 0 unspecified atom stereocenters. The Balaban J connectivity index is 2.30. The van der Waals surface area contributed by atoms with Crippen molar-refractivity contribution in [2.45, 2.75) is 42.9 Å². The van der Waals surface area contributed by atoms with Crippen LogP contribution in [-0.4, -0.2) is 61.8 Å². The van der Waals surface area contributed by atoms with Gasteiger partial charge in [-0.2, -0.15) is 0 Å². The second kappa shape index (κ2) is 9.02. The first kappa shape index (κ1) is 20.2. The molecule has 5 N–H and O–H groups in total. The van der Waals surface area contributed by atoms with E-state index in [9.17, 15) is 30.3 Å². The Morgan fingerprint density at radius 3 is 1.58 bits per heavy atom. The number of aliphatic hydroxyl groups excluding tert-OH is 4. The van der Waals surface area contributed by atoms with Gasteiger partial charge in [-0.15, -0.1) is 0 Å². The molecule has 0 bridgehead atoms. The van der Waals surface area contributed by atoms with Gasteiger partial charge >= 0.3 is 0 Å². The highest BCUT2D eigenvalue weighted by Crippen LogP contribution is 2.26. The molecule has 0 aliphatic rings. The normalized spacial score (nSPS) is 16.5. The molecule has 2 aromatic carbocycles. The molecule has 0 heterocycles. The minimum atomic E-state index is -1.92. The van der Waals surface area contributed by atoms with E-state index >= 15 is 0 Å². The van der Waals surface area contributed by atoms with Crippen LogP contribution in [0.5, 0.6) is 0 Å². The van der Waals surface area contributed by atoms with Crippen LogP contribution in [0.4, 0.5) is 0 Å². The van der Waals surface area contributed by atoms with Gasteiger partial charge in [0.2, 0.25) is 0 Å². The van der Waals surface area contributed by atoms with E-state index < -0.39 is 30.0 Å². The second-order valence-corrected chi connectivity index (χ2v) is 6.48. The topological polar surface area (TPSA) is 118 Å². The van der Waals surface area contributed by atoms with E-state index in [1.54, 1.807) is 48.5 Å². The van der Waals surface area contributed by atoms with Crippen molar-refractivity contribution < 1.29 is 30.3 Å². The summed E-state index contributed by atoms with van der Waals surface area (Å²) in [6.45, 7) is 0. The van der Waals surface area contributed by atoms with Crippen LogP contribution in [-0.2, 0) is 17.6 Å². The van der Waals surface area contributed by atoms with E-state index in [4.69, 9.17) is 0 Å². The average Bonchev–Trinajstić information content (AvgIpc) is 2.67. The van der Waals surface area contributed by atoms with E-state index in [0.29, 0.717) is 0 Å². The fraction of sp³-hybridized carbons (Fsp3) is 0.350. The van der Waals surface area contributed by atoms with Gasteiger partial charge in [0.05, 0.1) is 0 Å². The van der Waals surface area contributed by atoms with Gasteiger partial charge in [0.15, 0.2) is 6.29 Å². The zero-order valence-electron chi connectivity index (χ0n) is 14.2. The van der Waals surface area contributed by atoms with Crippen molar-refractivity contribution in [2.75, 3.05) is 0 Å². The Bertz CT molecular complexity index is 634. The number of benzene rings is 2. The first-order valence-corrected chi connectivity index (χ1v) is 8.35. The lowest BCUT2D eigenvalue weighted by atomic mass is 9.79. The van der Waals surface area contributed by atoms with Crippen molar-refractivity contribution in [1.29, 1.82) is 0 Å². The highest BCUT2D eigenvalue weighted by Gasteiger charge is 2.44. The summed E-state index contributed by atoms with van der Waals surface area (Å²) in [5.41, 5.74) is -0.378. The summed E-state index contributed by atoms with van der Waals surface area (Å²) >= 11 is 0. The van der Waals surface area contributed by atoms with Gasteiger partial charge in [-0.05, 0) is 11.1 Å². The van der Waals surface area contributed by atoms with Crippen LogP contribution in [0.2, 0.25) is 0 Å². The number of hydrogen-bond acceptors (Lipinski definition) is 6. The summed E-state index contributed by atoms with van der Waals surface area (Å²) in [5, 5.41) is 51.2. The second-order valence-electron chi connectivity index (χ2n) is 6.48. The fourth-order valence-corrected chi connectivity index (χ4v) is 2.96. The summed E-state index contributed by atoms with van der Waals surface area (Å²) in [4.78, 5) is 10.6. The molecule has 6 heteroatoms. The first-order valence-electron chi connectivity index (χ1n) is 8.35. The van der Waals surface area contributed by atoms with Crippen molar-refractivity contribution in [2.24, 2.45) is 0 Å². The predicted octanol–water partition coefficient (Wildman–Crippen LogP) is -0.155. The molecule has 0 saturated carbocycles. The van der Waals surface area contributed by atoms with Crippen molar-refractivity contribution in [3.8, 4) is 0 Å². The Hall–Kier alpha value is -2.09. The number of carbonyl (C=O) groups excluding carboxylic acids is 1. The summed E-state index contributed by atoms with van der Waals surface area (Å²) in [6, 6.07) is 17.8. The highest BCUT2D eigenvalue weighted by molar-refractivity contribution is 5.56. The zero-order valence-corrected chi connectivity index (χ0v) is 14.2. The Morgan fingerprint density at radius 1 is 0.769 bits per heavy atom. The van der Waals surface area contributed by atoms with E-state index in [1.165, 1.54) is 0 Å². The number of aliphatic hydroxyl groups is 5. The molecular formula is C20H24O6. The van der Waals surface area contributed by atoms with Crippen molar-refractivity contribution in [3.05, 3.63) is 71.8 Å². The molecule has 0 amide bonds. The van der Waals surface area contributed by atoms with Crippen molar-refractivity contribution in [3.63, 3.8) is 0 Å². The SMILES string of the molecule is O=C[C@H](O)[C@@H](O)[C@H](O)[C@H](O)C(O)(Cc1ccccc1)Cc1ccccc1. The molecule has 140 valence electrons. The monoisotopic (exact) mass is 360 g/mol. The molecule has 0 aliphatic heterocycles. The van der Waals surface area contributed by atoms with Gasteiger partial charge < -0.3 is 30.3 Å². The average molecular weight is 360 g/mol. The van der Waals surface area contributed by atoms with E-state index in [0.717, 1.165) is 11.1 Å². The summed E-state index contributed by atoms with van der Waals surface area (Å²) in [6.07, 6.45) is -7.41. The molecule has 0 fully saturated rings. The molecule has 2 rings (SSSR count). The lowest BCUT2D eigenvalue weighted by molar-refractivity contribution is -0.169. The molecule has 0 aromatic heterocycles. The standard InChI is InChI=1S/C20H24O6/c21-13-16(22)17(23)18(24)19(25)20(26,11-14-7-3-1-4-8-14)12-15-9-5-2-6-10-15/h1-10,13,16-19,22-26H,11-12H2/t16-,17+,18-,19-/m0/s1. The van der Waals surface area contributed by atoms with Crippen molar-refractivity contribution >= 4 is 6.29 Å². The maximum Gasteiger partial charge on any atom is 0.151 e. The largest absolute Gasteiger partial charge is 0.387 e. The van der Waals surface area contributed by atoms with E-state index in [-0.39, 0.29) is 19.1 Å². The number of aldehydes is 1. The lowest BCUT2D eigenvalue weighted by Gasteiger charge is -2.37. The third-order valence-electron chi connectivity index (χ3n) is 4.42. The van der Waals surface area contributed by atoms with Crippen LogP contribution in [0.25, 0.3) is 0 Å². The molecular weight excluding hydrogens is 336 g/mol. The molecule has 6 nitrogen and oxygen atoms in total. The smallest absolute Gasteiger partial charge is 0.151 e. The van der Waals surface area contributed by atoms with Crippen molar-refractivity contribution in [1.82, 2.24) is 0 Å². The van der Waals surface area contributed by atoms with Crippen LogP contribution in [0.3, 0.4) is 0 Å². The molecule has 0 aliphatic carbocycles. The van der Waals surface area contributed by atoms with E-state index in [2.05, 4.69) is 0 Å². The van der Waals surface area contributed by atoms with Gasteiger partial charge in [0, 0.05) is 12.8 Å². The third kappa shape index (κ3) is 4.97. The molecule has 26 heavy (non-hydrogen) atoms. The number of rotatable bonds is 9. The molecule has 4 atom stereocenters. The summed E-state index contributed by atoms with van der Waals surface area (Å²) in [5.74, 6) is 0. The van der Waals surface area contributed by atoms with Gasteiger partial charge in [-0.25, -0.2) is 0 Å². The fourth-order valence-electron chi connectivity index (χ4n) is 2.96. The van der Waals surface area contributed by atoms with Crippen LogP contribution >= 0.6 is 0 Å². The minimum absolute atomic E-state index is 0.00483. The lowest BCUT2D eigenvalue weighted by Crippen LogP contribution is -2.57. The van der Waals surface area contributed by atoms with Gasteiger partial charge in [0.1, 0.15) is 30.0 Å². The molecule has 0 saturated heterocycles. The molecule has 0 spiro atoms. The van der Waals surface area contributed by atoms with Gasteiger partial charge in [-0.3, -0.25) is 0 Å². The molecule has 0 radical (unpaired) electrons. The van der Waals surface area contributed by atoms with Crippen LogP contribution < -0.4 is 0 Å². The van der Waals surface area contributed by atoms with Crippen LogP contribution in [0, 0.1) is 0 Å². The number of hydrogen-bond donors (Lipinski definition) is 5. The quantitative estimate of drug-likeness (QED) is 0.397. The summed E-state index contributed by atoms with van der Waals surface area (Å²) < 4.78 is 0. The minimum Gasteiger partial charge on any atom is -0.387 e. The van der Waals surface area contributed by atoms with Crippen LogP contribution in [0.1, 0.15) is 11.1 Å². The number of carbonyl (C=O) groups is 1. The maximum absolute atomic E-state index is 11.2. The van der Waals surface area contributed by atoms with Gasteiger partial charge in [-0.1, -0.05) is 60.7 Å². The first-order chi connectivity index (χ1) is 12.4. The van der Waals surface area contributed by atoms with Gasteiger partial charge in [0.25, 0.3) is 0 Å². The molecule has 2 aromatic rings. The Kier molecular flexibility index (Phi) is 7.02. The predicted molar refractivity (Wildman–Crippen MR) is 95.3 cm³/mol. The van der Waals surface area contributed by atoms with E-state index in [1.807, 2.05) is 12.1 Å². The summed E-state index contributed by atoms with van der Waals surface area (Å²) in [7, 11) is 0. The highest BCUT2D eigenvalue weighted by atomic mass is 16.4. The zero-order chi connectivity index (χ0) is 19.2.